The highest BCUT2D eigenvalue weighted by Crippen LogP contribution is 2.62. The van der Waals surface area contributed by atoms with E-state index in [0.29, 0.717) is 23.2 Å². The monoisotopic (exact) mass is 827 g/mol. The number of fused-ring (bicyclic) bond motifs is 1. The molecule has 3 aromatic rings. The van der Waals surface area contributed by atoms with Crippen LogP contribution in [0.2, 0.25) is 0 Å². The van der Waals surface area contributed by atoms with E-state index in [0.717, 1.165) is 11.1 Å². The Morgan fingerprint density at radius 3 is 2.25 bits per heavy atom. The zero-order valence-electron chi connectivity index (χ0n) is 32.0. The van der Waals surface area contributed by atoms with Gasteiger partial charge < -0.3 is 34.4 Å². The van der Waals surface area contributed by atoms with Crippen molar-refractivity contribution in [1.29, 1.82) is 0 Å². The number of carbonyl (C=O) groups excluding carboxylic acids is 4. The molecule has 3 aliphatic rings. The highest BCUT2D eigenvalue weighted by molar-refractivity contribution is 9.09. The van der Waals surface area contributed by atoms with Gasteiger partial charge in [0.15, 0.2) is 0 Å². The molecular formula is C44H50BrN3O8. The topological polar surface area (TPSA) is 135 Å². The number of halogens is 1. The number of hydrogen-bond donors (Lipinski definition) is 2. The van der Waals surface area contributed by atoms with Crippen molar-refractivity contribution in [3.8, 4) is 0 Å². The van der Waals surface area contributed by atoms with Crippen molar-refractivity contribution >= 4 is 45.3 Å². The molecule has 9 atom stereocenters. The fourth-order valence-electron chi connectivity index (χ4n) is 8.91. The molecule has 2 N–H and O–H groups in total. The number of benzene rings is 3. The number of likely N-dealkylation sites (tertiary alicyclic amines) is 1. The highest BCUT2D eigenvalue weighted by Gasteiger charge is 2.78. The van der Waals surface area contributed by atoms with E-state index in [-0.39, 0.29) is 31.9 Å². The number of nitrogens with zero attached hydrogens (tertiary/aromatic N) is 2. The lowest BCUT2D eigenvalue weighted by Crippen LogP contribution is -2.58. The molecule has 12 heteroatoms. The van der Waals surface area contributed by atoms with Crippen LogP contribution in [0.3, 0.4) is 0 Å². The van der Waals surface area contributed by atoms with E-state index < -0.39 is 77.0 Å². The molecule has 3 heterocycles. The molecule has 56 heavy (non-hydrogen) atoms. The van der Waals surface area contributed by atoms with Crippen LogP contribution in [-0.2, 0) is 33.4 Å². The Labute approximate surface area is 336 Å². The second-order valence-electron chi connectivity index (χ2n) is 14.7. The smallest absolute Gasteiger partial charge is 0.313 e. The van der Waals surface area contributed by atoms with E-state index in [1.165, 1.54) is 12.0 Å². The van der Waals surface area contributed by atoms with Gasteiger partial charge in [0.1, 0.15) is 17.7 Å². The Bertz CT molecular complexity index is 1910. The summed E-state index contributed by atoms with van der Waals surface area (Å²) in [6.45, 7) is 11.2. The van der Waals surface area contributed by atoms with E-state index in [1.54, 1.807) is 41.3 Å². The molecule has 0 saturated carbocycles. The van der Waals surface area contributed by atoms with E-state index in [1.807, 2.05) is 68.4 Å². The van der Waals surface area contributed by atoms with Gasteiger partial charge in [-0.05, 0) is 48.9 Å². The fourth-order valence-corrected chi connectivity index (χ4v) is 9.85. The average molecular weight is 829 g/mol. The Kier molecular flexibility index (Phi) is 12.9. The number of allylic oxidation sites excluding steroid dienone is 1. The number of esters is 1. The zero-order valence-corrected chi connectivity index (χ0v) is 33.6. The lowest BCUT2D eigenvalue weighted by molar-refractivity contribution is -0.163. The molecule has 11 nitrogen and oxygen atoms in total. The molecular weight excluding hydrogens is 778 g/mol. The van der Waals surface area contributed by atoms with Crippen molar-refractivity contribution in [3.63, 3.8) is 0 Å². The molecule has 2 bridgehead atoms. The van der Waals surface area contributed by atoms with Gasteiger partial charge in [0.2, 0.25) is 11.8 Å². The summed E-state index contributed by atoms with van der Waals surface area (Å²) in [5, 5.41) is 14.0. The maximum atomic E-state index is 15.4. The van der Waals surface area contributed by atoms with Crippen molar-refractivity contribution < 1.29 is 38.5 Å². The number of aryl methyl sites for hydroxylation is 2. The summed E-state index contributed by atoms with van der Waals surface area (Å²) >= 11 is 3.77. The van der Waals surface area contributed by atoms with Crippen molar-refractivity contribution in [2.75, 3.05) is 31.8 Å². The lowest BCUT2D eigenvalue weighted by atomic mass is 9.70. The summed E-state index contributed by atoms with van der Waals surface area (Å²) in [4.78, 5) is 61.1. The van der Waals surface area contributed by atoms with Gasteiger partial charge in [-0.15, -0.1) is 13.2 Å². The predicted molar refractivity (Wildman–Crippen MR) is 216 cm³/mol. The van der Waals surface area contributed by atoms with Gasteiger partial charge in [0.05, 0.1) is 43.2 Å². The number of carbonyl (C=O) groups is 4. The summed E-state index contributed by atoms with van der Waals surface area (Å²) < 4.78 is 18.8. The fraction of sp³-hybridized carbons (Fsp3) is 0.409. The van der Waals surface area contributed by atoms with Crippen molar-refractivity contribution in [1.82, 2.24) is 10.2 Å². The molecule has 3 amide bonds. The number of aliphatic hydroxyl groups excluding tert-OH is 1. The van der Waals surface area contributed by atoms with Crippen LogP contribution in [0.25, 0.3) is 0 Å². The number of alkyl halides is 1. The van der Waals surface area contributed by atoms with Crippen LogP contribution < -0.4 is 10.2 Å². The van der Waals surface area contributed by atoms with Crippen molar-refractivity contribution in [2.45, 2.75) is 73.9 Å². The van der Waals surface area contributed by atoms with E-state index in [2.05, 4.69) is 34.4 Å². The van der Waals surface area contributed by atoms with Gasteiger partial charge in [-0.25, -0.2) is 0 Å². The number of rotatable bonds is 17. The van der Waals surface area contributed by atoms with Gasteiger partial charge in [-0.3, -0.25) is 19.2 Å². The van der Waals surface area contributed by atoms with E-state index in [9.17, 15) is 14.7 Å². The van der Waals surface area contributed by atoms with Gasteiger partial charge in [-0.2, -0.15) is 0 Å². The zero-order chi connectivity index (χ0) is 40.1. The van der Waals surface area contributed by atoms with Crippen LogP contribution in [0.5, 0.6) is 0 Å². The van der Waals surface area contributed by atoms with Crippen LogP contribution >= 0.6 is 15.9 Å². The molecule has 1 spiro atoms. The van der Waals surface area contributed by atoms with Crippen LogP contribution in [-0.4, -0.2) is 89.2 Å². The lowest BCUT2D eigenvalue weighted by Gasteiger charge is -2.40. The second-order valence-corrected chi connectivity index (χ2v) is 15.9. The van der Waals surface area contributed by atoms with Crippen molar-refractivity contribution in [3.05, 3.63) is 126 Å². The number of amides is 3. The molecule has 296 valence electrons. The highest BCUT2D eigenvalue weighted by atomic mass is 79.9. The van der Waals surface area contributed by atoms with E-state index in [4.69, 9.17) is 14.2 Å². The molecule has 3 saturated heterocycles. The quantitative estimate of drug-likeness (QED) is 0.101. The number of anilines is 1. The van der Waals surface area contributed by atoms with Gasteiger partial charge >= 0.3 is 5.97 Å². The standard InChI is InChI=1S/C44H50BrN3O8/c1-6-8-22-34(50)46-32(26-54-5)38(30-20-13-10-14-21-30)55-43(53)35-36-41(51)48(33(25-49)29-18-11-9-12-19-29)40(44(36)24-31(45)39(35)56-44)42(52)47(23-7-2)37-27(3)16-15-17-28(37)4/h6-7,9-21,31-33,35-36,38-40,49H,1-2,8,22-26H2,3-5H3,(H,46,50)/t31?,32-,33+,35-,36+,38-,39-,40-,44+/m0/s1. The van der Waals surface area contributed by atoms with Gasteiger partial charge in [0, 0.05) is 30.6 Å². The number of ether oxygens (including phenoxy) is 3. The Balaban J connectivity index is 1.44. The maximum Gasteiger partial charge on any atom is 0.313 e. The van der Waals surface area contributed by atoms with Gasteiger partial charge in [0.25, 0.3) is 5.91 Å². The maximum absolute atomic E-state index is 15.4. The largest absolute Gasteiger partial charge is 0.455 e. The molecule has 1 unspecified atom stereocenters. The van der Waals surface area contributed by atoms with E-state index >= 15 is 9.59 Å². The summed E-state index contributed by atoms with van der Waals surface area (Å²) in [6.07, 6.45) is 2.38. The normalized spacial score (nSPS) is 25.2. The Hall–Kier alpha value is -4.62. The first-order chi connectivity index (χ1) is 27.0. The summed E-state index contributed by atoms with van der Waals surface area (Å²) in [5.74, 6) is -4.12. The molecule has 0 aromatic heterocycles. The molecule has 3 fully saturated rings. The van der Waals surface area contributed by atoms with Crippen LogP contribution in [0.1, 0.15) is 53.7 Å². The SMILES string of the molecule is C=CCCC(=O)N[C@@H](COC)[C@@H](OC(=O)[C@@H]1[C@H]2O[C@@]3(CC2Br)[C@H](C(=O)N(CC=C)c2c(C)cccc2C)N([C@H](CO)c2ccccc2)C(=O)[C@@H]13)c1ccccc1. The first kappa shape index (κ1) is 41.0. The molecule has 0 radical (unpaired) electrons. The Morgan fingerprint density at radius 1 is 1.02 bits per heavy atom. The number of nitrogens with one attached hydrogen (secondary N) is 1. The minimum atomic E-state index is -1.46. The van der Waals surface area contributed by atoms with Crippen LogP contribution in [0.4, 0.5) is 5.69 Å². The molecule has 3 aromatic carbocycles. The van der Waals surface area contributed by atoms with Crippen LogP contribution in [0, 0.1) is 25.7 Å². The average Bonchev–Trinajstić information content (AvgIpc) is 3.79. The first-order valence-electron chi connectivity index (χ1n) is 19.0. The number of methoxy groups -OCH3 is 1. The second kappa shape index (κ2) is 17.7. The minimum Gasteiger partial charge on any atom is -0.455 e. The number of para-hydroxylation sites is 1. The summed E-state index contributed by atoms with van der Waals surface area (Å²) in [6, 6.07) is 20.9. The van der Waals surface area contributed by atoms with Gasteiger partial charge in [-0.1, -0.05) is 107 Å². The molecule has 3 aliphatic heterocycles. The molecule has 0 aliphatic carbocycles. The number of aliphatic hydroxyl groups is 1. The first-order valence-corrected chi connectivity index (χ1v) is 19.9. The summed E-state index contributed by atoms with van der Waals surface area (Å²) in [5.41, 5.74) is 2.19. The third kappa shape index (κ3) is 7.59. The summed E-state index contributed by atoms with van der Waals surface area (Å²) in [7, 11) is 1.50. The Morgan fingerprint density at radius 2 is 1.66 bits per heavy atom. The predicted octanol–water partition coefficient (Wildman–Crippen LogP) is 5.69. The molecule has 6 rings (SSSR count). The minimum absolute atomic E-state index is 0.0295. The third-order valence-electron chi connectivity index (χ3n) is 11.2. The third-order valence-corrected chi connectivity index (χ3v) is 12.1. The van der Waals surface area contributed by atoms with Crippen molar-refractivity contribution in [2.24, 2.45) is 11.8 Å². The number of hydrogen-bond acceptors (Lipinski definition) is 8. The van der Waals surface area contributed by atoms with Crippen LogP contribution in [0.15, 0.2) is 104 Å².